The van der Waals surface area contributed by atoms with E-state index in [1.807, 2.05) is 42.5 Å². The molecule has 1 fully saturated rings. The Morgan fingerprint density at radius 2 is 1.78 bits per heavy atom. The predicted octanol–water partition coefficient (Wildman–Crippen LogP) is 3.17. The first kappa shape index (κ1) is 15.8. The average Bonchev–Trinajstić information content (AvgIpc) is 2.99. The summed E-state index contributed by atoms with van der Waals surface area (Å²) in [7, 11) is 0. The summed E-state index contributed by atoms with van der Waals surface area (Å²) in [4.78, 5) is 12.5. The Labute approximate surface area is 137 Å². The SMILES string of the molecule is O=C(NCC1CCCC1O)c1ccccc1Cc1ccccc1. The molecule has 0 aromatic heterocycles. The number of carbonyl (C=O) groups is 1. The lowest BCUT2D eigenvalue weighted by molar-refractivity contribution is 0.0916. The van der Waals surface area contributed by atoms with E-state index >= 15 is 0 Å². The molecular weight excluding hydrogens is 286 g/mol. The molecule has 2 aromatic carbocycles. The standard InChI is InChI=1S/C20H23NO2/c22-19-12-6-10-17(19)14-21-20(23)18-11-5-4-9-16(18)13-15-7-2-1-3-8-15/h1-5,7-9,11,17,19,22H,6,10,12-14H2,(H,21,23). The minimum atomic E-state index is -0.269. The third-order valence-corrected chi connectivity index (χ3v) is 4.64. The highest BCUT2D eigenvalue weighted by molar-refractivity contribution is 5.95. The van der Waals surface area contributed by atoms with Crippen molar-refractivity contribution in [2.45, 2.75) is 31.8 Å². The number of carbonyl (C=O) groups excluding carboxylic acids is 1. The van der Waals surface area contributed by atoms with Crippen LogP contribution in [0.2, 0.25) is 0 Å². The highest BCUT2D eigenvalue weighted by Crippen LogP contribution is 2.24. The zero-order chi connectivity index (χ0) is 16.1. The van der Waals surface area contributed by atoms with E-state index in [0.717, 1.165) is 36.8 Å². The van der Waals surface area contributed by atoms with Crippen LogP contribution < -0.4 is 5.32 Å². The lowest BCUT2D eigenvalue weighted by Crippen LogP contribution is -2.32. The number of aliphatic hydroxyl groups is 1. The van der Waals surface area contributed by atoms with Gasteiger partial charge in [-0.15, -0.1) is 0 Å². The molecule has 3 rings (SSSR count). The van der Waals surface area contributed by atoms with Gasteiger partial charge in [0.2, 0.25) is 0 Å². The third-order valence-electron chi connectivity index (χ3n) is 4.64. The van der Waals surface area contributed by atoms with Gasteiger partial charge in [0.1, 0.15) is 0 Å². The molecule has 0 aliphatic heterocycles. The zero-order valence-electron chi connectivity index (χ0n) is 13.2. The molecule has 1 amide bonds. The minimum Gasteiger partial charge on any atom is -0.393 e. The summed E-state index contributed by atoms with van der Waals surface area (Å²) in [6.45, 7) is 0.555. The van der Waals surface area contributed by atoms with Gasteiger partial charge in [0.05, 0.1) is 6.10 Å². The first-order valence-corrected chi connectivity index (χ1v) is 8.32. The van der Waals surface area contributed by atoms with E-state index in [2.05, 4.69) is 17.4 Å². The molecule has 0 bridgehead atoms. The highest BCUT2D eigenvalue weighted by atomic mass is 16.3. The molecule has 1 saturated carbocycles. The summed E-state index contributed by atoms with van der Waals surface area (Å²) in [6.07, 6.45) is 3.37. The predicted molar refractivity (Wildman–Crippen MR) is 91.4 cm³/mol. The second-order valence-electron chi connectivity index (χ2n) is 6.29. The van der Waals surface area contributed by atoms with Crippen LogP contribution in [0.15, 0.2) is 54.6 Å². The average molecular weight is 309 g/mol. The topological polar surface area (TPSA) is 49.3 Å². The van der Waals surface area contributed by atoms with E-state index < -0.39 is 0 Å². The second kappa shape index (κ2) is 7.42. The summed E-state index contributed by atoms with van der Waals surface area (Å²) in [5.74, 6) is 0.149. The number of hydrogen-bond acceptors (Lipinski definition) is 2. The van der Waals surface area contributed by atoms with Crippen molar-refractivity contribution in [1.29, 1.82) is 0 Å². The Kier molecular flexibility index (Phi) is 5.09. The first-order chi connectivity index (χ1) is 11.2. The van der Waals surface area contributed by atoms with Crippen LogP contribution in [0.3, 0.4) is 0 Å². The zero-order valence-corrected chi connectivity index (χ0v) is 13.2. The van der Waals surface area contributed by atoms with Crippen molar-refractivity contribution in [2.75, 3.05) is 6.54 Å². The molecule has 120 valence electrons. The monoisotopic (exact) mass is 309 g/mol. The molecule has 2 unspecified atom stereocenters. The van der Waals surface area contributed by atoms with E-state index in [-0.39, 0.29) is 17.9 Å². The summed E-state index contributed by atoms with van der Waals surface area (Å²) in [6, 6.07) is 17.9. The van der Waals surface area contributed by atoms with E-state index in [9.17, 15) is 9.90 Å². The molecule has 0 spiro atoms. The highest BCUT2D eigenvalue weighted by Gasteiger charge is 2.25. The van der Waals surface area contributed by atoms with Gasteiger partial charge in [0.15, 0.2) is 0 Å². The van der Waals surface area contributed by atoms with Gasteiger partial charge in [-0.1, -0.05) is 55.0 Å². The van der Waals surface area contributed by atoms with Crippen molar-refractivity contribution >= 4 is 5.91 Å². The van der Waals surface area contributed by atoms with Crippen LogP contribution in [0, 0.1) is 5.92 Å². The maximum absolute atomic E-state index is 12.5. The van der Waals surface area contributed by atoms with Gasteiger partial charge in [-0.25, -0.2) is 0 Å². The van der Waals surface area contributed by atoms with Crippen molar-refractivity contribution in [3.63, 3.8) is 0 Å². The molecule has 0 heterocycles. The molecule has 0 saturated heterocycles. The van der Waals surface area contributed by atoms with Gasteiger partial charge in [-0.2, -0.15) is 0 Å². The van der Waals surface area contributed by atoms with E-state index in [0.29, 0.717) is 6.54 Å². The van der Waals surface area contributed by atoms with Crippen LogP contribution in [0.4, 0.5) is 0 Å². The maximum atomic E-state index is 12.5. The van der Waals surface area contributed by atoms with Crippen LogP contribution >= 0.6 is 0 Å². The van der Waals surface area contributed by atoms with Crippen LogP contribution in [0.5, 0.6) is 0 Å². The van der Waals surface area contributed by atoms with Gasteiger partial charge in [0.25, 0.3) is 5.91 Å². The molecule has 3 nitrogen and oxygen atoms in total. The third kappa shape index (κ3) is 3.99. The Morgan fingerprint density at radius 1 is 1.04 bits per heavy atom. The lowest BCUT2D eigenvalue weighted by atomic mass is 9.99. The van der Waals surface area contributed by atoms with Crippen molar-refractivity contribution in [1.82, 2.24) is 5.32 Å². The number of nitrogens with one attached hydrogen (secondary N) is 1. The molecule has 1 aliphatic rings. The Hall–Kier alpha value is -2.13. The summed E-state index contributed by atoms with van der Waals surface area (Å²) in [5, 5.41) is 12.9. The summed E-state index contributed by atoms with van der Waals surface area (Å²) >= 11 is 0. The Balaban J connectivity index is 1.68. The molecule has 23 heavy (non-hydrogen) atoms. The lowest BCUT2D eigenvalue weighted by Gasteiger charge is -2.16. The maximum Gasteiger partial charge on any atom is 0.251 e. The molecule has 2 aromatic rings. The van der Waals surface area contributed by atoms with Gasteiger partial charge < -0.3 is 10.4 Å². The smallest absolute Gasteiger partial charge is 0.251 e. The van der Waals surface area contributed by atoms with Crippen molar-refractivity contribution < 1.29 is 9.90 Å². The summed E-state index contributed by atoms with van der Waals surface area (Å²) < 4.78 is 0. The molecule has 0 radical (unpaired) electrons. The molecule has 1 aliphatic carbocycles. The molecule has 2 N–H and O–H groups in total. The number of amides is 1. The van der Waals surface area contributed by atoms with Gasteiger partial charge in [-0.05, 0) is 36.5 Å². The van der Waals surface area contributed by atoms with Gasteiger partial charge in [0, 0.05) is 18.0 Å². The minimum absolute atomic E-state index is 0.0457. The first-order valence-electron chi connectivity index (χ1n) is 8.32. The van der Waals surface area contributed by atoms with Crippen molar-refractivity contribution in [3.8, 4) is 0 Å². The van der Waals surface area contributed by atoms with Gasteiger partial charge in [-0.3, -0.25) is 4.79 Å². The summed E-state index contributed by atoms with van der Waals surface area (Å²) in [5.41, 5.74) is 2.95. The molecule has 3 heteroatoms. The fourth-order valence-electron chi connectivity index (χ4n) is 3.29. The van der Waals surface area contributed by atoms with Gasteiger partial charge >= 0.3 is 0 Å². The van der Waals surface area contributed by atoms with Crippen LogP contribution in [0.1, 0.15) is 40.7 Å². The fourth-order valence-corrected chi connectivity index (χ4v) is 3.29. The number of benzene rings is 2. The number of rotatable bonds is 5. The second-order valence-corrected chi connectivity index (χ2v) is 6.29. The van der Waals surface area contributed by atoms with Crippen molar-refractivity contribution in [2.24, 2.45) is 5.92 Å². The van der Waals surface area contributed by atoms with E-state index in [4.69, 9.17) is 0 Å². The van der Waals surface area contributed by atoms with Crippen LogP contribution in [0.25, 0.3) is 0 Å². The van der Waals surface area contributed by atoms with Crippen LogP contribution in [-0.2, 0) is 6.42 Å². The largest absolute Gasteiger partial charge is 0.393 e. The Morgan fingerprint density at radius 3 is 2.52 bits per heavy atom. The van der Waals surface area contributed by atoms with E-state index in [1.54, 1.807) is 0 Å². The Bertz CT molecular complexity index is 654. The van der Waals surface area contributed by atoms with Crippen LogP contribution in [-0.4, -0.2) is 23.7 Å². The number of aliphatic hydroxyl groups excluding tert-OH is 1. The quantitative estimate of drug-likeness (QED) is 0.891. The normalized spacial score (nSPS) is 20.4. The number of hydrogen-bond donors (Lipinski definition) is 2. The van der Waals surface area contributed by atoms with Crippen molar-refractivity contribution in [3.05, 3.63) is 71.3 Å². The molecule has 2 atom stereocenters. The molecular formula is C20H23NO2. The fraction of sp³-hybridized carbons (Fsp3) is 0.350. The van der Waals surface area contributed by atoms with E-state index in [1.165, 1.54) is 5.56 Å².